The molecule has 0 bridgehead atoms. The first-order valence-electron chi connectivity index (χ1n) is 9.37. The predicted octanol–water partition coefficient (Wildman–Crippen LogP) is 1.84. The highest BCUT2D eigenvalue weighted by Gasteiger charge is 2.31. The molecule has 1 aliphatic heterocycles. The molecule has 28 heavy (non-hydrogen) atoms. The SMILES string of the molecule is CCc1cncnc1N1CC[NH+](Cc2nc3ccc(C(F)(F)F)cc3[nH]2)CC1. The Balaban J connectivity index is 1.42. The number of nitrogens with zero attached hydrogens (tertiary/aromatic N) is 4. The monoisotopic (exact) mass is 391 g/mol. The zero-order valence-corrected chi connectivity index (χ0v) is 15.6. The number of imidazole rings is 1. The summed E-state index contributed by atoms with van der Waals surface area (Å²) in [5.74, 6) is 1.72. The van der Waals surface area contributed by atoms with Gasteiger partial charge in [0.15, 0.2) is 5.82 Å². The number of hydrogen-bond acceptors (Lipinski definition) is 4. The molecule has 1 aliphatic rings. The van der Waals surface area contributed by atoms with Gasteiger partial charge in [0.2, 0.25) is 0 Å². The van der Waals surface area contributed by atoms with Gasteiger partial charge in [-0.05, 0) is 24.6 Å². The molecule has 0 amide bonds. The second-order valence-electron chi connectivity index (χ2n) is 7.05. The number of nitrogens with one attached hydrogen (secondary N) is 2. The highest BCUT2D eigenvalue weighted by atomic mass is 19.4. The highest BCUT2D eigenvalue weighted by molar-refractivity contribution is 5.76. The van der Waals surface area contributed by atoms with Crippen LogP contribution in [0.25, 0.3) is 11.0 Å². The van der Waals surface area contributed by atoms with Crippen molar-refractivity contribution >= 4 is 16.9 Å². The van der Waals surface area contributed by atoms with Gasteiger partial charge >= 0.3 is 6.18 Å². The molecule has 1 aromatic carbocycles. The molecule has 0 aliphatic carbocycles. The van der Waals surface area contributed by atoms with Crippen LogP contribution in [0.5, 0.6) is 0 Å². The Morgan fingerprint density at radius 1 is 1.21 bits per heavy atom. The Morgan fingerprint density at radius 3 is 2.71 bits per heavy atom. The molecule has 9 heteroatoms. The molecule has 2 aromatic heterocycles. The van der Waals surface area contributed by atoms with Gasteiger partial charge in [0.05, 0.1) is 42.8 Å². The van der Waals surface area contributed by atoms with Crippen LogP contribution in [-0.2, 0) is 19.1 Å². The first-order valence-corrected chi connectivity index (χ1v) is 9.37. The number of aryl methyl sites for hydroxylation is 1. The number of aromatic nitrogens is 4. The summed E-state index contributed by atoms with van der Waals surface area (Å²) in [7, 11) is 0. The van der Waals surface area contributed by atoms with Crippen molar-refractivity contribution in [3.8, 4) is 0 Å². The number of quaternary nitrogens is 1. The van der Waals surface area contributed by atoms with Crippen LogP contribution in [0, 0.1) is 0 Å². The van der Waals surface area contributed by atoms with Gasteiger partial charge in [-0.25, -0.2) is 15.0 Å². The van der Waals surface area contributed by atoms with E-state index in [-0.39, 0.29) is 0 Å². The van der Waals surface area contributed by atoms with E-state index in [9.17, 15) is 13.2 Å². The number of piperazine rings is 1. The molecule has 3 heterocycles. The molecule has 1 saturated heterocycles. The first-order chi connectivity index (χ1) is 13.4. The van der Waals surface area contributed by atoms with Gasteiger partial charge in [-0.3, -0.25) is 0 Å². The average Bonchev–Trinajstić information content (AvgIpc) is 3.09. The maximum atomic E-state index is 12.9. The second-order valence-corrected chi connectivity index (χ2v) is 7.05. The van der Waals surface area contributed by atoms with Crippen molar-refractivity contribution in [3.05, 3.63) is 47.7 Å². The maximum absolute atomic E-state index is 12.9. The summed E-state index contributed by atoms with van der Waals surface area (Å²) in [4.78, 5) is 19.7. The third-order valence-corrected chi connectivity index (χ3v) is 5.19. The smallest absolute Gasteiger partial charge is 0.345 e. The Labute approximate surface area is 160 Å². The summed E-state index contributed by atoms with van der Waals surface area (Å²) in [5, 5.41) is 0. The molecule has 0 spiro atoms. The highest BCUT2D eigenvalue weighted by Crippen LogP contribution is 2.30. The predicted molar refractivity (Wildman–Crippen MR) is 99.1 cm³/mol. The van der Waals surface area contributed by atoms with Crippen molar-refractivity contribution in [3.63, 3.8) is 0 Å². The Bertz CT molecular complexity index is 960. The van der Waals surface area contributed by atoms with E-state index in [2.05, 4.69) is 31.8 Å². The largest absolute Gasteiger partial charge is 0.416 e. The first kappa shape index (κ1) is 18.7. The van der Waals surface area contributed by atoms with Gasteiger partial charge in [0.25, 0.3) is 0 Å². The van der Waals surface area contributed by atoms with Crippen molar-refractivity contribution < 1.29 is 18.1 Å². The number of hydrogen-bond donors (Lipinski definition) is 2. The summed E-state index contributed by atoms with van der Waals surface area (Å²) in [6.45, 7) is 6.33. The van der Waals surface area contributed by atoms with Crippen LogP contribution in [0.2, 0.25) is 0 Å². The molecule has 1 fully saturated rings. The number of alkyl halides is 3. The molecule has 148 valence electrons. The van der Waals surface area contributed by atoms with E-state index < -0.39 is 11.7 Å². The van der Waals surface area contributed by atoms with Crippen LogP contribution in [0.15, 0.2) is 30.7 Å². The summed E-state index contributed by atoms with van der Waals surface area (Å²) in [6, 6.07) is 3.62. The average molecular weight is 391 g/mol. The Hall–Kier alpha value is -2.68. The number of anilines is 1. The van der Waals surface area contributed by atoms with Crippen molar-refractivity contribution in [2.75, 3.05) is 31.1 Å². The molecule has 0 unspecified atom stereocenters. The third-order valence-electron chi connectivity index (χ3n) is 5.19. The number of aromatic amines is 1. The van der Waals surface area contributed by atoms with E-state index in [4.69, 9.17) is 0 Å². The fourth-order valence-corrected chi connectivity index (χ4v) is 3.66. The zero-order valence-electron chi connectivity index (χ0n) is 15.6. The van der Waals surface area contributed by atoms with Crippen LogP contribution in [0.4, 0.5) is 19.0 Å². The lowest BCUT2D eigenvalue weighted by molar-refractivity contribution is -0.914. The summed E-state index contributed by atoms with van der Waals surface area (Å²) < 4.78 is 38.6. The minimum atomic E-state index is -4.35. The Kier molecular flexibility index (Phi) is 4.92. The minimum absolute atomic E-state index is 0.427. The number of fused-ring (bicyclic) bond motifs is 1. The van der Waals surface area contributed by atoms with E-state index in [1.54, 1.807) is 6.33 Å². The minimum Gasteiger partial charge on any atom is -0.345 e. The maximum Gasteiger partial charge on any atom is 0.416 e. The zero-order chi connectivity index (χ0) is 19.7. The normalized spacial score (nSPS) is 16.1. The lowest BCUT2D eigenvalue weighted by Crippen LogP contribution is -3.13. The lowest BCUT2D eigenvalue weighted by Gasteiger charge is -2.33. The van der Waals surface area contributed by atoms with Crippen molar-refractivity contribution in [1.82, 2.24) is 19.9 Å². The van der Waals surface area contributed by atoms with E-state index >= 15 is 0 Å². The van der Waals surface area contributed by atoms with Crippen LogP contribution < -0.4 is 9.80 Å². The molecule has 0 atom stereocenters. The van der Waals surface area contributed by atoms with Crippen LogP contribution in [-0.4, -0.2) is 46.1 Å². The number of benzene rings is 1. The third kappa shape index (κ3) is 3.80. The molecule has 4 rings (SSSR count). The molecule has 6 nitrogen and oxygen atoms in total. The van der Waals surface area contributed by atoms with E-state index in [1.807, 2.05) is 6.20 Å². The molecule has 2 N–H and O–H groups in total. The summed E-state index contributed by atoms with van der Waals surface area (Å²) in [5.41, 5.74) is 1.47. The van der Waals surface area contributed by atoms with Gasteiger partial charge in [-0.1, -0.05) is 6.92 Å². The topological polar surface area (TPSA) is 62.1 Å². The molecule has 3 aromatic rings. The quantitative estimate of drug-likeness (QED) is 0.713. The fourth-order valence-electron chi connectivity index (χ4n) is 3.66. The van der Waals surface area contributed by atoms with Crippen molar-refractivity contribution in [2.45, 2.75) is 26.1 Å². The van der Waals surface area contributed by atoms with E-state index in [1.165, 1.54) is 11.0 Å². The van der Waals surface area contributed by atoms with Gasteiger partial charge in [-0.2, -0.15) is 13.2 Å². The van der Waals surface area contributed by atoms with Crippen molar-refractivity contribution in [1.29, 1.82) is 0 Å². The molecule has 0 saturated carbocycles. The second kappa shape index (κ2) is 7.38. The number of rotatable bonds is 4. The fraction of sp³-hybridized carbons (Fsp3) is 0.421. The van der Waals surface area contributed by atoms with Crippen LogP contribution in [0.1, 0.15) is 23.9 Å². The van der Waals surface area contributed by atoms with Crippen molar-refractivity contribution in [2.24, 2.45) is 0 Å². The number of halogens is 3. The molecular weight excluding hydrogens is 369 g/mol. The summed E-state index contributed by atoms with van der Waals surface area (Å²) in [6.07, 6.45) is -0.00989. The Morgan fingerprint density at radius 2 is 2.00 bits per heavy atom. The van der Waals surface area contributed by atoms with Gasteiger partial charge in [0.1, 0.15) is 18.7 Å². The standard InChI is InChI=1S/C19H21F3N6/c1-2-13-10-23-12-24-18(13)28-7-5-27(6-8-28)11-17-25-15-4-3-14(19(20,21)22)9-16(15)26-17/h3-4,9-10,12H,2,5-8,11H2,1H3,(H,25,26)/p+1. The van der Waals surface area contributed by atoms with Gasteiger partial charge < -0.3 is 14.8 Å². The number of H-pyrrole nitrogens is 1. The summed E-state index contributed by atoms with van der Waals surface area (Å²) >= 11 is 0. The van der Waals surface area contributed by atoms with E-state index in [0.717, 1.165) is 56.1 Å². The molecular formula is C19H22F3N6+. The molecule has 0 radical (unpaired) electrons. The van der Waals surface area contributed by atoms with Gasteiger partial charge in [0, 0.05) is 11.8 Å². The van der Waals surface area contributed by atoms with Gasteiger partial charge in [-0.15, -0.1) is 0 Å². The lowest BCUT2D eigenvalue weighted by atomic mass is 10.2. The van der Waals surface area contributed by atoms with Crippen LogP contribution in [0.3, 0.4) is 0 Å². The van der Waals surface area contributed by atoms with Crippen LogP contribution >= 0.6 is 0 Å². The van der Waals surface area contributed by atoms with E-state index in [0.29, 0.717) is 23.4 Å².